The van der Waals surface area contributed by atoms with Crippen LogP contribution in [0.25, 0.3) is 0 Å². The zero-order valence-electron chi connectivity index (χ0n) is 10.8. The Balaban J connectivity index is 2.92. The van der Waals surface area contributed by atoms with Gasteiger partial charge in [0.15, 0.2) is 0 Å². The van der Waals surface area contributed by atoms with Crippen molar-refractivity contribution in [2.24, 2.45) is 0 Å². The standard InChI is InChI=1S/C11H15N3O4S/c1-5(2)12-7(15)4-19-9-8(10(16)17)6(3)13-11(18)14-9/h5H,4H2,1-3H3,(H,12,15)(H,16,17)(H,13,14,18). The van der Waals surface area contributed by atoms with Gasteiger partial charge in [-0.3, -0.25) is 4.79 Å². The third-order valence-corrected chi connectivity index (χ3v) is 3.07. The number of aromatic nitrogens is 2. The van der Waals surface area contributed by atoms with Gasteiger partial charge in [-0.2, -0.15) is 4.98 Å². The maximum Gasteiger partial charge on any atom is 0.346 e. The molecule has 0 unspecified atom stereocenters. The highest BCUT2D eigenvalue weighted by atomic mass is 32.2. The third kappa shape index (κ3) is 4.40. The predicted octanol–water partition coefficient (Wildman–Crippen LogP) is 0.393. The number of H-pyrrole nitrogens is 1. The van der Waals surface area contributed by atoms with Gasteiger partial charge in [-0.25, -0.2) is 9.59 Å². The highest BCUT2D eigenvalue weighted by Crippen LogP contribution is 2.20. The summed E-state index contributed by atoms with van der Waals surface area (Å²) in [6.07, 6.45) is 0. The second kappa shape index (κ2) is 6.37. The van der Waals surface area contributed by atoms with E-state index in [9.17, 15) is 14.4 Å². The number of thioether (sulfide) groups is 1. The number of aromatic amines is 1. The van der Waals surface area contributed by atoms with Gasteiger partial charge in [0.25, 0.3) is 0 Å². The second-order valence-corrected chi connectivity index (χ2v) is 5.13. The largest absolute Gasteiger partial charge is 0.478 e. The minimum Gasteiger partial charge on any atom is -0.478 e. The highest BCUT2D eigenvalue weighted by molar-refractivity contribution is 8.00. The van der Waals surface area contributed by atoms with Crippen molar-refractivity contribution in [1.29, 1.82) is 0 Å². The van der Waals surface area contributed by atoms with E-state index in [4.69, 9.17) is 5.11 Å². The minimum absolute atomic E-state index is 0.000848. The van der Waals surface area contributed by atoms with Crippen LogP contribution >= 0.6 is 11.8 Å². The molecule has 0 atom stereocenters. The van der Waals surface area contributed by atoms with E-state index in [1.54, 1.807) is 0 Å². The summed E-state index contributed by atoms with van der Waals surface area (Å²) in [5.74, 6) is -1.42. The van der Waals surface area contributed by atoms with Crippen LogP contribution in [0.3, 0.4) is 0 Å². The van der Waals surface area contributed by atoms with Crippen molar-refractivity contribution in [3.05, 3.63) is 21.7 Å². The van der Waals surface area contributed by atoms with Crippen LogP contribution in [0.2, 0.25) is 0 Å². The van der Waals surface area contributed by atoms with E-state index in [-0.39, 0.29) is 34.0 Å². The summed E-state index contributed by atoms with van der Waals surface area (Å²) in [5, 5.41) is 11.8. The number of carboxylic acid groups (broad SMARTS) is 1. The van der Waals surface area contributed by atoms with E-state index < -0.39 is 11.7 Å². The smallest absolute Gasteiger partial charge is 0.346 e. The molecular formula is C11H15N3O4S. The van der Waals surface area contributed by atoms with Crippen molar-refractivity contribution in [2.45, 2.75) is 31.8 Å². The monoisotopic (exact) mass is 285 g/mol. The molecule has 0 aromatic carbocycles. The van der Waals surface area contributed by atoms with Crippen LogP contribution in [0.4, 0.5) is 0 Å². The molecule has 104 valence electrons. The summed E-state index contributed by atoms with van der Waals surface area (Å²) in [4.78, 5) is 39.7. The topological polar surface area (TPSA) is 112 Å². The first-order chi connectivity index (χ1) is 8.81. The quantitative estimate of drug-likeness (QED) is 0.533. The fraction of sp³-hybridized carbons (Fsp3) is 0.455. The maximum atomic E-state index is 11.5. The lowest BCUT2D eigenvalue weighted by Gasteiger charge is -2.09. The van der Waals surface area contributed by atoms with Crippen molar-refractivity contribution in [2.75, 3.05) is 5.75 Å². The number of aromatic carboxylic acids is 1. The van der Waals surface area contributed by atoms with Crippen LogP contribution in [0.1, 0.15) is 29.9 Å². The molecule has 8 heteroatoms. The summed E-state index contributed by atoms with van der Waals surface area (Å²) >= 11 is 0.930. The number of hydrogen-bond donors (Lipinski definition) is 3. The van der Waals surface area contributed by atoms with Gasteiger partial charge in [0.2, 0.25) is 5.91 Å². The summed E-state index contributed by atoms with van der Waals surface area (Å²) in [6, 6.07) is 0.000848. The number of nitrogens with one attached hydrogen (secondary N) is 2. The fourth-order valence-electron chi connectivity index (χ4n) is 1.41. The number of carbonyl (C=O) groups excluding carboxylic acids is 1. The summed E-state index contributed by atoms with van der Waals surface area (Å²) < 4.78 is 0. The number of aryl methyl sites for hydroxylation is 1. The Morgan fingerprint density at radius 2 is 2.11 bits per heavy atom. The van der Waals surface area contributed by atoms with E-state index in [0.717, 1.165) is 11.8 Å². The molecule has 0 radical (unpaired) electrons. The molecule has 0 spiro atoms. The van der Waals surface area contributed by atoms with Crippen molar-refractivity contribution in [1.82, 2.24) is 15.3 Å². The lowest BCUT2D eigenvalue weighted by atomic mass is 10.2. The number of amides is 1. The van der Waals surface area contributed by atoms with E-state index in [1.807, 2.05) is 13.8 Å². The van der Waals surface area contributed by atoms with E-state index in [1.165, 1.54) is 6.92 Å². The van der Waals surface area contributed by atoms with Gasteiger partial charge in [0.05, 0.1) is 5.75 Å². The van der Waals surface area contributed by atoms with Crippen LogP contribution in [-0.2, 0) is 4.79 Å². The van der Waals surface area contributed by atoms with Crippen LogP contribution in [-0.4, -0.2) is 38.7 Å². The van der Waals surface area contributed by atoms with Crippen LogP contribution in [0.5, 0.6) is 0 Å². The number of nitrogens with zero attached hydrogens (tertiary/aromatic N) is 1. The fourth-order valence-corrected chi connectivity index (χ4v) is 2.30. The lowest BCUT2D eigenvalue weighted by molar-refractivity contribution is -0.119. The van der Waals surface area contributed by atoms with Crippen LogP contribution in [0, 0.1) is 6.92 Å². The zero-order valence-corrected chi connectivity index (χ0v) is 11.6. The molecule has 0 fully saturated rings. The van der Waals surface area contributed by atoms with Crippen molar-refractivity contribution < 1.29 is 14.7 Å². The number of carboxylic acids is 1. The molecule has 1 heterocycles. The molecule has 7 nitrogen and oxygen atoms in total. The number of carbonyl (C=O) groups is 2. The molecule has 0 aliphatic heterocycles. The molecule has 1 aromatic rings. The molecule has 0 aliphatic carbocycles. The van der Waals surface area contributed by atoms with E-state index in [0.29, 0.717) is 0 Å². The van der Waals surface area contributed by atoms with Gasteiger partial charge in [-0.05, 0) is 20.8 Å². The van der Waals surface area contributed by atoms with Gasteiger partial charge in [0.1, 0.15) is 10.6 Å². The SMILES string of the molecule is Cc1[nH]c(=O)nc(SCC(=O)NC(C)C)c1C(=O)O. The number of hydrogen-bond acceptors (Lipinski definition) is 5. The molecule has 0 aliphatic rings. The molecule has 0 bridgehead atoms. The Morgan fingerprint density at radius 1 is 1.47 bits per heavy atom. The van der Waals surface area contributed by atoms with E-state index in [2.05, 4.69) is 15.3 Å². The van der Waals surface area contributed by atoms with Crippen molar-refractivity contribution >= 4 is 23.6 Å². The molecule has 0 saturated heterocycles. The Kier molecular flexibility index (Phi) is 5.11. The normalized spacial score (nSPS) is 10.5. The van der Waals surface area contributed by atoms with Gasteiger partial charge in [0, 0.05) is 11.7 Å². The van der Waals surface area contributed by atoms with Gasteiger partial charge < -0.3 is 15.4 Å². The van der Waals surface area contributed by atoms with Crippen molar-refractivity contribution in [3.63, 3.8) is 0 Å². The summed E-state index contributed by atoms with van der Waals surface area (Å²) in [5.41, 5.74) is -0.490. The van der Waals surface area contributed by atoms with Crippen LogP contribution in [0.15, 0.2) is 9.82 Å². The Labute approximate surface area is 113 Å². The molecule has 0 saturated carbocycles. The molecule has 1 aromatic heterocycles. The molecule has 19 heavy (non-hydrogen) atoms. The van der Waals surface area contributed by atoms with Gasteiger partial charge >= 0.3 is 11.7 Å². The summed E-state index contributed by atoms with van der Waals surface area (Å²) in [7, 11) is 0. The first-order valence-corrected chi connectivity index (χ1v) is 6.56. The lowest BCUT2D eigenvalue weighted by Crippen LogP contribution is -2.31. The molecule has 1 amide bonds. The average molecular weight is 285 g/mol. The second-order valence-electron chi connectivity index (χ2n) is 4.16. The molecule has 3 N–H and O–H groups in total. The molecule has 1 rings (SSSR count). The first kappa shape index (κ1) is 15.2. The third-order valence-electron chi connectivity index (χ3n) is 2.09. The first-order valence-electron chi connectivity index (χ1n) is 5.57. The van der Waals surface area contributed by atoms with Crippen molar-refractivity contribution in [3.8, 4) is 0 Å². The van der Waals surface area contributed by atoms with Gasteiger partial charge in [-0.1, -0.05) is 11.8 Å². The molecular weight excluding hydrogens is 270 g/mol. The van der Waals surface area contributed by atoms with Gasteiger partial charge in [-0.15, -0.1) is 0 Å². The minimum atomic E-state index is -1.19. The summed E-state index contributed by atoms with van der Waals surface area (Å²) in [6.45, 7) is 5.12. The predicted molar refractivity (Wildman–Crippen MR) is 70.6 cm³/mol. The zero-order chi connectivity index (χ0) is 14.6. The average Bonchev–Trinajstić information content (AvgIpc) is 2.23. The Bertz CT molecular complexity index is 553. The van der Waals surface area contributed by atoms with E-state index >= 15 is 0 Å². The highest BCUT2D eigenvalue weighted by Gasteiger charge is 2.18. The Morgan fingerprint density at radius 3 is 2.63 bits per heavy atom. The number of rotatable bonds is 5. The maximum absolute atomic E-state index is 11.5. The Hall–Kier alpha value is -1.83. The van der Waals surface area contributed by atoms with Crippen LogP contribution < -0.4 is 11.0 Å².